The van der Waals surface area contributed by atoms with E-state index < -0.39 is 27.8 Å². The Balaban J connectivity index is 2.06. The molecule has 0 bridgehead atoms. The minimum absolute atomic E-state index is 0.0445. The van der Waals surface area contributed by atoms with Crippen molar-refractivity contribution in [1.82, 2.24) is 10.1 Å². The molecule has 2 unspecified atom stereocenters. The maximum atomic E-state index is 12.6. The Morgan fingerprint density at radius 3 is 2.54 bits per heavy atom. The Kier molecular flexibility index (Phi) is 5.32. The van der Waals surface area contributed by atoms with Crippen LogP contribution in [0, 0.1) is 13.8 Å². The van der Waals surface area contributed by atoms with Crippen molar-refractivity contribution in [2.24, 2.45) is 0 Å². The highest BCUT2D eigenvalue weighted by atomic mass is 32.2. The molecule has 9 heteroatoms. The van der Waals surface area contributed by atoms with Crippen LogP contribution >= 0.6 is 0 Å². The lowest BCUT2D eigenvalue weighted by Crippen LogP contribution is -2.46. The van der Waals surface area contributed by atoms with Crippen molar-refractivity contribution in [3.63, 3.8) is 0 Å². The third-order valence-electron chi connectivity index (χ3n) is 4.14. The maximum Gasteiger partial charge on any atom is 0.344 e. The summed E-state index contributed by atoms with van der Waals surface area (Å²) >= 11 is 0. The van der Waals surface area contributed by atoms with Crippen LogP contribution in [0.1, 0.15) is 42.1 Å². The van der Waals surface area contributed by atoms with Crippen LogP contribution in [-0.2, 0) is 19.4 Å². The summed E-state index contributed by atoms with van der Waals surface area (Å²) < 4.78 is 33.4. The predicted molar refractivity (Wildman–Crippen MR) is 85.3 cm³/mol. The minimum atomic E-state index is -3.10. The average molecular weight is 358 g/mol. The van der Waals surface area contributed by atoms with E-state index >= 15 is 0 Å². The summed E-state index contributed by atoms with van der Waals surface area (Å²) in [5, 5.41) is 3.68. The molecule has 2 atom stereocenters. The van der Waals surface area contributed by atoms with E-state index in [0.717, 1.165) is 0 Å². The molecule has 24 heavy (non-hydrogen) atoms. The Morgan fingerprint density at radius 2 is 2.08 bits per heavy atom. The minimum Gasteiger partial charge on any atom is -0.449 e. The van der Waals surface area contributed by atoms with Gasteiger partial charge in [-0.25, -0.2) is 13.2 Å². The molecule has 134 valence electrons. The molecule has 1 aromatic heterocycles. The van der Waals surface area contributed by atoms with Gasteiger partial charge in [0.05, 0.1) is 17.2 Å². The van der Waals surface area contributed by atoms with E-state index in [-0.39, 0.29) is 23.1 Å². The largest absolute Gasteiger partial charge is 0.449 e. The van der Waals surface area contributed by atoms with E-state index in [4.69, 9.17) is 9.26 Å². The molecule has 8 nitrogen and oxygen atoms in total. The SMILES string of the molecule is CCN(C(=O)C(C)OC(=O)c1c(C)noc1C)C1CCS(=O)(=O)C1. The van der Waals surface area contributed by atoms with Gasteiger partial charge < -0.3 is 14.2 Å². The number of hydrogen-bond donors (Lipinski definition) is 0. The van der Waals surface area contributed by atoms with Crippen LogP contribution in [0.4, 0.5) is 0 Å². The van der Waals surface area contributed by atoms with E-state index in [2.05, 4.69) is 5.16 Å². The first-order valence-electron chi connectivity index (χ1n) is 7.81. The zero-order valence-corrected chi connectivity index (χ0v) is 15.1. The van der Waals surface area contributed by atoms with Crippen LogP contribution in [0.15, 0.2) is 4.52 Å². The van der Waals surface area contributed by atoms with Gasteiger partial charge in [0.1, 0.15) is 11.3 Å². The number of rotatable bonds is 5. The number of ether oxygens (including phenoxy) is 1. The number of esters is 1. The summed E-state index contributed by atoms with van der Waals surface area (Å²) in [5.41, 5.74) is 0.604. The van der Waals surface area contributed by atoms with E-state index in [9.17, 15) is 18.0 Å². The van der Waals surface area contributed by atoms with Crippen LogP contribution in [0.5, 0.6) is 0 Å². The first kappa shape index (κ1) is 18.4. The van der Waals surface area contributed by atoms with Crippen LogP contribution < -0.4 is 0 Å². The summed E-state index contributed by atoms with van der Waals surface area (Å²) in [5.74, 6) is -0.723. The lowest BCUT2D eigenvalue weighted by Gasteiger charge is -2.29. The van der Waals surface area contributed by atoms with Gasteiger partial charge >= 0.3 is 5.97 Å². The Bertz CT molecular complexity index is 720. The van der Waals surface area contributed by atoms with E-state index in [1.54, 1.807) is 20.8 Å². The molecular weight excluding hydrogens is 336 g/mol. The van der Waals surface area contributed by atoms with Gasteiger partial charge in [0, 0.05) is 12.6 Å². The topological polar surface area (TPSA) is 107 Å². The quantitative estimate of drug-likeness (QED) is 0.719. The molecule has 0 aromatic carbocycles. The molecular formula is C15H22N2O6S. The average Bonchev–Trinajstić information content (AvgIpc) is 3.01. The second kappa shape index (κ2) is 6.92. The number of nitrogens with zero attached hydrogens (tertiary/aromatic N) is 2. The molecule has 1 aliphatic rings. The van der Waals surface area contributed by atoms with Crippen LogP contribution in [0.3, 0.4) is 0 Å². The number of carbonyl (C=O) groups excluding carboxylic acids is 2. The third kappa shape index (κ3) is 3.77. The van der Waals surface area contributed by atoms with Crippen molar-refractivity contribution in [3.05, 3.63) is 17.0 Å². The summed E-state index contributed by atoms with van der Waals surface area (Å²) in [7, 11) is -3.10. The van der Waals surface area contributed by atoms with Crippen LogP contribution in [-0.4, -0.2) is 60.5 Å². The van der Waals surface area contributed by atoms with Gasteiger partial charge in [-0.1, -0.05) is 5.16 Å². The zero-order chi connectivity index (χ0) is 18.1. The second-order valence-corrected chi connectivity index (χ2v) is 8.16. The lowest BCUT2D eigenvalue weighted by molar-refractivity contribution is -0.141. The number of carbonyl (C=O) groups is 2. The van der Waals surface area contributed by atoms with Crippen LogP contribution in [0.2, 0.25) is 0 Å². The number of likely N-dealkylation sites (N-methyl/N-ethyl adjacent to an activating group) is 1. The summed E-state index contributed by atoms with van der Waals surface area (Å²) in [4.78, 5) is 26.2. The third-order valence-corrected chi connectivity index (χ3v) is 5.89. The molecule has 2 heterocycles. The Morgan fingerprint density at radius 1 is 1.42 bits per heavy atom. The van der Waals surface area contributed by atoms with Crippen molar-refractivity contribution < 1.29 is 27.3 Å². The van der Waals surface area contributed by atoms with Crippen molar-refractivity contribution >= 4 is 21.7 Å². The molecule has 0 saturated carbocycles. The lowest BCUT2D eigenvalue weighted by atomic mass is 10.2. The predicted octanol–water partition coefficient (Wildman–Crippen LogP) is 0.872. The molecule has 1 amide bonds. The highest BCUT2D eigenvalue weighted by molar-refractivity contribution is 7.91. The molecule has 1 aliphatic heterocycles. The molecule has 0 aliphatic carbocycles. The number of amides is 1. The van der Waals surface area contributed by atoms with Crippen LogP contribution in [0.25, 0.3) is 0 Å². The first-order valence-corrected chi connectivity index (χ1v) is 9.63. The number of aryl methyl sites for hydroxylation is 2. The normalized spacial score (nSPS) is 20.6. The maximum absolute atomic E-state index is 12.6. The summed E-state index contributed by atoms with van der Waals surface area (Å²) in [6, 6.07) is -0.368. The fraction of sp³-hybridized carbons (Fsp3) is 0.667. The van der Waals surface area contributed by atoms with Gasteiger partial charge in [0.25, 0.3) is 5.91 Å². The zero-order valence-electron chi connectivity index (χ0n) is 14.2. The Labute approximate surface area is 141 Å². The van der Waals surface area contributed by atoms with Crippen molar-refractivity contribution in [2.75, 3.05) is 18.1 Å². The van der Waals surface area contributed by atoms with Gasteiger partial charge in [0.15, 0.2) is 15.9 Å². The standard InChI is InChI=1S/C15H22N2O6S/c1-5-17(12-6-7-24(20,21)8-12)14(18)11(4)22-15(19)13-9(2)16-23-10(13)3/h11-12H,5-8H2,1-4H3. The van der Waals surface area contributed by atoms with Gasteiger partial charge in [-0.3, -0.25) is 4.79 Å². The molecule has 0 N–H and O–H groups in total. The monoisotopic (exact) mass is 358 g/mol. The Hall–Kier alpha value is -1.90. The van der Waals surface area contributed by atoms with Crippen molar-refractivity contribution in [1.29, 1.82) is 0 Å². The summed E-state index contributed by atoms with van der Waals surface area (Å²) in [6.45, 7) is 6.80. The smallest absolute Gasteiger partial charge is 0.344 e. The number of sulfone groups is 1. The molecule has 2 rings (SSSR count). The highest BCUT2D eigenvalue weighted by Gasteiger charge is 2.36. The van der Waals surface area contributed by atoms with Crippen molar-refractivity contribution in [2.45, 2.75) is 46.3 Å². The van der Waals surface area contributed by atoms with Gasteiger partial charge in [-0.2, -0.15) is 0 Å². The van der Waals surface area contributed by atoms with E-state index in [1.165, 1.54) is 11.8 Å². The van der Waals surface area contributed by atoms with Gasteiger partial charge in [-0.15, -0.1) is 0 Å². The molecule has 1 aromatic rings. The number of aromatic nitrogens is 1. The fourth-order valence-electron chi connectivity index (χ4n) is 2.89. The van der Waals surface area contributed by atoms with Gasteiger partial charge in [0.2, 0.25) is 0 Å². The van der Waals surface area contributed by atoms with E-state index in [1.807, 2.05) is 0 Å². The molecule has 1 saturated heterocycles. The summed E-state index contributed by atoms with van der Waals surface area (Å²) in [6.07, 6.45) is -0.610. The molecule has 0 radical (unpaired) electrons. The second-order valence-electron chi connectivity index (χ2n) is 5.93. The van der Waals surface area contributed by atoms with E-state index in [0.29, 0.717) is 24.4 Å². The van der Waals surface area contributed by atoms with Gasteiger partial charge in [-0.05, 0) is 34.1 Å². The first-order chi connectivity index (χ1) is 11.2. The highest BCUT2D eigenvalue weighted by Crippen LogP contribution is 2.20. The molecule has 0 spiro atoms. The van der Waals surface area contributed by atoms with Crippen molar-refractivity contribution in [3.8, 4) is 0 Å². The number of hydrogen-bond acceptors (Lipinski definition) is 7. The molecule has 1 fully saturated rings. The fourth-order valence-corrected chi connectivity index (χ4v) is 4.62.